The number of benzene rings is 1. The highest BCUT2D eigenvalue weighted by Gasteiger charge is 2.21. The van der Waals surface area contributed by atoms with Gasteiger partial charge in [0.15, 0.2) is 5.65 Å². The molecule has 0 aliphatic heterocycles. The van der Waals surface area contributed by atoms with Crippen molar-refractivity contribution in [3.63, 3.8) is 0 Å². The number of hydrogen-bond acceptors (Lipinski definition) is 10. The number of nitro groups is 1. The first-order valence-corrected chi connectivity index (χ1v) is 11.9. The third-order valence-corrected chi connectivity index (χ3v) is 6.21. The number of aryl methyl sites for hydroxylation is 1. The molecule has 4 aromatic rings. The van der Waals surface area contributed by atoms with Gasteiger partial charge in [-0.3, -0.25) is 24.0 Å². The lowest BCUT2D eigenvalue weighted by Crippen LogP contribution is -2.39. The molecule has 3 heterocycles. The highest BCUT2D eigenvalue weighted by atomic mass is 32.2. The predicted molar refractivity (Wildman–Crippen MR) is 129 cm³/mol. The van der Waals surface area contributed by atoms with Gasteiger partial charge in [0.25, 0.3) is 11.2 Å². The minimum absolute atomic E-state index is 0.0307. The van der Waals surface area contributed by atoms with Crippen LogP contribution in [0.1, 0.15) is 44.8 Å². The minimum atomic E-state index is -0.495. The van der Waals surface area contributed by atoms with Gasteiger partial charge in [0.1, 0.15) is 16.2 Å². The second kappa shape index (κ2) is 9.78. The van der Waals surface area contributed by atoms with Crippen LogP contribution in [0.4, 0.5) is 5.69 Å². The topological polar surface area (TPSA) is 152 Å². The van der Waals surface area contributed by atoms with Crippen molar-refractivity contribution in [2.75, 3.05) is 0 Å². The summed E-state index contributed by atoms with van der Waals surface area (Å²) in [5, 5.41) is 15.6. The molecule has 0 N–H and O–H groups in total. The van der Waals surface area contributed by atoms with E-state index in [1.807, 2.05) is 20.8 Å². The third kappa shape index (κ3) is 4.71. The molecule has 0 bridgehead atoms. The quantitative estimate of drug-likeness (QED) is 0.153. The van der Waals surface area contributed by atoms with Crippen molar-refractivity contribution in [1.29, 1.82) is 0 Å². The molecule has 182 valence electrons. The smallest absolute Gasteiger partial charge is 0.332 e. The standard InChI is InChI=1S/C22H23N7O5S/c1-5-9-28-19-16(21(30)27(4)22(28)31)20(25-17(24-19)12(2)3)35-11-15-23-18(26-34-15)13-7-6-8-14(10-13)29(32)33/h6-8,10,12H,5,9,11H2,1-4H3. The molecule has 12 nitrogen and oxygen atoms in total. The van der Waals surface area contributed by atoms with E-state index in [1.54, 1.807) is 12.1 Å². The molecule has 0 spiro atoms. The van der Waals surface area contributed by atoms with Gasteiger partial charge in [-0.25, -0.2) is 14.8 Å². The first kappa shape index (κ1) is 24.3. The first-order valence-electron chi connectivity index (χ1n) is 10.9. The van der Waals surface area contributed by atoms with E-state index >= 15 is 0 Å². The molecule has 13 heteroatoms. The number of thioether (sulfide) groups is 1. The Bertz CT molecular complexity index is 1540. The molecule has 0 fully saturated rings. The number of rotatable bonds is 8. The molecule has 0 radical (unpaired) electrons. The number of nitrogens with zero attached hydrogens (tertiary/aromatic N) is 7. The van der Waals surface area contributed by atoms with Gasteiger partial charge in [-0.1, -0.05) is 49.8 Å². The average Bonchev–Trinajstić information content (AvgIpc) is 3.32. The minimum Gasteiger partial charge on any atom is -0.338 e. The predicted octanol–water partition coefficient (Wildman–Crippen LogP) is 3.27. The Balaban J connectivity index is 1.73. The molecule has 4 rings (SSSR count). The van der Waals surface area contributed by atoms with Crippen molar-refractivity contribution in [3.8, 4) is 11.4 Å². The van der Waals surface area contributed by atoms with Crippen molar-refractivity contribution in [3.05, 3.63) is 66.9 Å². The summed E-state index contributed by atoms with van der Waals surface area (Å²) in [5.41, 5.74) is -0.216. The summed E-state index contributed by atoms with van der Waals surface area (Å²) in [5.74, 6) is 1.15. The van der Waals surface area contributed by atoms with Crippen LogP contribution in [0.25, 0.3) is 22.4 Å². The molecule has 35 heavy (non-hydrogen) atoms. The molecule has 0 amide bonds. The van der Waals surface area contributed by atoms with E-state index in [0.717, 1.165) is 4.57 Å². The van der Waals surface area contributed by atoms with Crippen molar-refractivity contribution in [2.45, 2.75) is 50.4 Å². The molecule has 1 aromatic carbocycles. The van der Waals surface area contributed by atoms with Crippen molar-refractivity contribution in [2.24, 2.45) is 7.05 Å². The lowest BCUT2D eigenvalue weighted by Gasteiger charge is -2.14. The van der Waals surface area contributed by atoms with Crippen molar-refractivity contribution >= 4 is 28.5 Å². The summed E-state index contributed by atoms with van der Waals surface area (Å²) in [4.78, 5) is 49.8. The van der Waals surface area contributed by atoms with Gasteiger partial charge < -0.3 is 4.52 Å². The van der Waals surface area contributed by atoms with Crippen LogP contribution in [0, 0.1) is 10.1 Å². The lowest BCUT2D eigenvalue weighted by atomic mass is 10.2. The van der Waals surface area contributed by atoms with Gasteiger partial charge >= 0.3 is 5.69 Å². The summed E-state index contributed by atoms with van der Waals surface area (Å²) in [7, 11) is 1.43. The average molecular weight is 498 g/mol. The van der Waals surface area contributed by atoms with Crippen LogP contribution < -0.4 is 11.2 Å². The van der Waals surface area contributed by atoms with Crippen molar-refractivity contribution < 1.29 is 9.45 Å². The van der Waals surface area contributed by atoms with Gasteiger partial charge in [0.2, 0.25) is 11.7 Å². The van der Waals surface area contributed by atoms with Crippen LogP contribution in [-0.4, -0.2) is 34.2 Å². The largest absolute Gasteiger partial charge is 0.338 e. The maximum Gasteiger partial charge on any atom is 0.332 e. The van der Waals surface area contributed by atoms with Crippen LogP contribution in [0.2, 0.25) is 0 Å². The van der Waals surface area contributed by atoms with Gasteiger partial charge in [0, 0.05) is 37.2 Å². The summed E-state index contributed by atoms with van der Waals surface area (Å²) in [6.07, 6.45) is 0.694. The Labute approximate surface area is 203 Å². The number of non-ortho nitro benzene ring substituents is 1. The maximum absolute atomic E-state index is 13.0. The number of hydrogen-bond donors (Lipinski definition) is 0. The van der Waals surface area contributed by atoms with Crippen molar-refractivity contribution in [1.82, 2.24) is 29.2 Å². The highest BCUT2D eigenvalue weighted by molar-refractivity contribution is 7.98. The SMILES string of the molecule is CCCn1c(=O)n(C)c(=O)c2c(SCc3nc(-c4cccc([N+](=O)[O-])c4)no3)nc(C(C)C)nc21. The summed E-state index contributed by atoms with van der Waals surface area (Å²) in [6, 6.07) is 5.94. The fourth-order valence-corrected chi connectivity index (χ4v) is 4.32. The van der Waals surface area contributed by atoms with Crippen LogP contribution in [0.3, 0.4) is 0 Å². The molecule has 0 unspecified atom stereocenters. The monoisotopic (exact) mass is 497 g/mol. The Morgan fingerprint density at radius 3 is 2.66 bits per heavy atom. The van der Waals surface area contributed by atoms with Crippen LogP contribution in [-0.2, 0) is 19.3 Å². The molecule has 3 aromatic heterocycles. The molecular formula is C22H23N7O5S. The number of nitro benzene ring substituents is 1. The van der Waals surface area contributed by atoms with E-state index < -0.39 is 16.2 Å². The van der Waals surface area contributed by atoms with Gasteiger partial charge in [-0.05, 0) is 6.42 Å². The molecule has 0 aliphatic rings. The second-order valence-corrected chi connectivity index (χ2v) is 9.11. The summed E-state index contributed by atoms with van der Waals surface area (Å²) < 4.78 is 7.90. The Kier molecular flexibility index (Phi) is 6.78. The molecule has 0 atom stereocenters. The Hall–Kier alpha value is -3.87. The van der Waals surface area contributed by atoms with Gasteiger partial charge in [-0.2, -0.15) is 4.98 Å². The van der Waals surface area contributed by atoms with E-state index in [1.165, 1.54) is 35.5 Å². The zero-order valence-corrected chi connectivity index (χ0v) is 20.4. The summed E-state index contributed by atoms with van der Waals surface area (Å²) >= 11 is 1.22. The first-order chi connectivity index (χ1) is 16.7. The fourth-order valence-electron chi connectivity index (χ4n) is 3.46. The summed E-state index contributed by atoms with van der Waals surface area (Å²) in [6.45, 7) is 6.22. The Morgan fingerprint density at radius 1 is 1.20 bits per heavy atom. The zero-order chi connectivity index (χ0) is 25.3. The normalized spacial score (nSPS) is 11.5. The molecular weight excluding hydrogens is 474 g/mol. The number of aromatic nitrogens is 6. The van der Waals surface area contributed by atoms with Gasteiger partial charge in [-0.15, -0.1) is 0 Å². The second-order valence-electron chi connectivity index (χ2n) is 8.15. The van der Waals surface area contributed by atoms with Crippen LogP contribution in [0.5, 0.6) is 0 Å². The van der Waals surface area contributed by atoms with Crippen LogP contribution >= 0.6 is 11.8 Å². The van der Waals surface area contributed by atoms with E-state index in [-0.39, 0.29) is 34.5 Å². The third-order valence-electron chi connectivity index (χ3n) is 5.25. The van der Waals surface area contributed by atoms with E-state index in [0.29, 0.717) is 35.0 Å². The van der Waals surface area contributed by atoms with Crippen LogP contribution in [0.15, 0.2) is 43.4 Å². The van der Waals surface area contributed by atoms with E-state index in [9.17, 15) is 19.7 Å². The lowest BCUT2D eigenvalue weighted by molar-refractivity contribution is -0.384. The molecule has 0 saturated heterocycles. The van der Waals surface area contributed by atoms with E-state index in [4.69, 9.17) is 4.52 Å². The highest BCUT2D eigenvalue weighted by Crippen LogP contribution is 2.28. The fraction of sp³-hybridized carbons (Fsp3) is 0.364. The van der Waals surface area contributed by atoms with E-state index in [2.05, 4.69) is 20.1 Å². The maximum atomic E-state index is 13.0. The van der Waals surface area contributed by atoms with Gasteiger partial charge in [0.05, 0.1) is 10.7 Å². The molecule has 0 saturated carbocycles. The molecule has 0 aliphatic carbocycles. The zero-order valence-electron chi connectivity index (χ0n) is 19.6. The Morgan fingerprint density at radius 2 is 1.97 bits per heavy atom. The number of fused-ring (bicyclic) bond motifs is 1.